The number of hydrogen-bond acceptors (Lipinski definition) is 7. The number of carbonyl (C=O) groups is 2. The van der Waals surface area contributed by atoms with Crippen molar-refractivity contribution in [1.82, 2.24) is 9.97 Å². The van der Waals surface area contributed by atoms with Gasteiger partial charge in [-0.25, -0.2) is 9.97 Å². The van der Waals surface area contributed by atoms with E-state index in [1.807, 2.05) is 0 Å². The van der Waals surface area contributed by atoms with Crippen molar-refractivity contribution in [2.24, 2.45) is 0 Å². The van der Waals surface area contributed by atoms with Crippen LogP contribution >= 0.6 is 0 Å². The van der Waals surface area contributed by atoms with Crippen molar-refractivity contribution in [3.05, 3.63) is 30.6 Å². The Hall–Kier alpha value is -2.70. The second-order valence-electron chi connectivity index (χ2n) is 4.17. The predicted molar refractivity (Wildman–Crippen MR) is 66.2 cm³/mol. The fourth-order valence-electron chi connectivity index (χ4n) is 1.80. The molecule has 0 saturated heterocycles. The van der Waals surface area contributed by atoms with Gasteiger partial charge in [-0.2, -0.15) is 0 Å². The van der Waals surface area contributed by atoms with Gasteiger partial charge in [0.2, 0.25) is 0 Å². The highest BCUT2D eigenvalue weighted by Crippen LogP contribution is 2.19. The van der Waals surface area contributed by atoms with E-state index in [9.17, 15) is 19.8 Å². The fraction of sp³-hybridized carbons (Fsp3) is 0.231. The summed E-state index contributed by atoms with van der Waals surface area (Å²) in [6.07, 6.45) is 0.771. The van der Waals surface area contributed by atoms with Gasteiger partial charge in [0.1, 0.15) is 12.1 Å². The second kappa shape index (κ2) is 5.96. The van der Waals surface area contributed by atoms with E-state index in [4.69, 9.17) is 0 Å². The molecule has 7 nitrogen and oxygen atoms in total. The molecular weight excluding hydrogens is 262 g/mol. The van der Waals surface area contributed by atoms with Gasteiger partial charge in [-0.15, -0.1) is 0 Å². The van der Waals surface area contributed by atoms with Crippen LogP contribution in [0.3, 0.4) is 0 Å². The molecule has 0 aliphatic rings. The zero-order chi connectivity index (χ0) is 14.5. The van der Waals surface area contributed by atoms with Gasteiger partial charge in [0.15, 0.2) is 0 Å². The number of hydrogen-bond donors (Lipinski definition) is 1. The molecular formula is C13H11N3O4-2. The Labute approximate surface area is 114 Å². The van der Waals surface area contributed by atoms with Gasteiger partial charge in [-0.05, 0) is 25.0 Å². The largest absolute Gasteiger partial charge is 0.550 e. The quantitative estimate of drug-likeness (QED) is 0.694. The number of para-hydroxylation sites is 1. The van der Waals surface area contributed by atoms with Crippen molar-refractivity contribution < 1.29 is 19.8 Å². The topological polar surface area (TPSA) is 118 Å². The molecule has 0 aliphatic carbocycles. The summed E-state index contributed by atoms with van der Waals surface area (Å²) in [6.45, 7) is 0. The molecule has 1 heterocycles. The van der Waals surface area contributed by atoms with Gasteiger partial charge in [0.05, 0.1) is 17.5 Å². The van der Waals surface area contributed by atoms with Crippen molar-refractivity contribution in [2.75, 3.05) is 5.32 Å². The molecule has 0 bridgehead atoms. The van der Waals surface area contributed by atoms with E-state index in [2.05, 4.69) is 15.3 Å². The summed E-state index contributed by atoms with van der Waals surface area (Å²) in [5.74, 6) is -2.39. The highest BCUT2D eigenvalue weighted by Gasteiger charge is 2.12. The Morgan fingerprint density at radius 3 is 2.65 bits per heavy atom. The minimum atomic E-state index is -1.39. The molecule has 0 saturated carbocycles. The first-order chi connectivity index (χ1) is 9.58. The molecule has 0 radical (unpaired) electrons. The van der Waals surface area contributed by atoms with E-state index >= 15 is 0 Å². The average Bonchev–Trinajstić information content (AvgIpc) is 2.43. The Kier molecular flexibility index (Phi) is 4.09. The smallest absolute Gasteiger partial charge is 0.137 e. The fourth-order valence-corrected chi connectivity index (χ4v) is 1.80. The molecule has 2 aromatic rings. The van der Waals surface area contributed by atoms with E-state index in [0.29, 0.717) is 16.7 Å². The van der Waals surface area contributed by atoms with Crippen LogP contribution in [-0.2, 0) is 9.59 Å². The number of nitrogens with one attached hydrogen (secondary N) is 1. The van der Waals surface area contributed by atoms with Gasteiger partial charge < -0.3 is 25.1 Å². The number of fused-ring (bicyclic) bond motifs is 1. The zero-order valence-electron chi connectivity index (χ0n) is 10.4. The van der Waals surface area contributed by atoms with Crippen LogP contribution in [0.15, 0.2) is 30.6 Å². The van der Waals surface area contributed by atoms with E-state index in [1.54, 1.807) is 24.3 Å². The third-order valence-corrected chi connectivity index (χ3v) is 2.78. The van der Waals surface area contributed by atoms with E-state index in [-0.39, 0.29) is 12.8 Å². The van der Waals surface area contributed by atoms with E-state index in [0.717, 1.165) is 0 Å². The van der Waals surface area contributed by atoms with Crippen molar-refractivity contribution >= 4 is 28.7 Å². The lowest BCUT2D eigenvalue weighted by Crippen LogP contribution is -2.42. The van der Waals surface area contributed by atoms with Crippen molar-refractivity contribution in [2.45, 2.75) is 18.9 Å². The SMILES string of the molecule is O=C([O-])CC[C@@H](Nc1ncnc2ccccc12)C(=O)[O-]. The van der Waals surface area contributed by atoms with Crippen LogP contribution in [0.2, 0.25) is 0 Å². The lowest BCUT2D eigenvalue weighted by molar-refractivity contribution is -0.308. The van der Waals surface area contributed by atoms with E-state index in [1.165, 1.54) is 6.33 Å². The Bertz CT molecular complexity index is 639. The monoisotopic (exact) mass is 273 g/mol. The van der Waals surface area contributed by atoms with Crippen molar-refractivity contribution in [3.8, 4) is 0 Å². The molecule has 7 heteroatoms. The van der Waals surface area contributed by atoms with Crippen molar-refractivity contribution in [1.29, 1.82) is 0 Å². The molecule has 1 aromatic heterocycles. The average molecular weight is 273 g/mol. The number of anilines is 1. The predicted octanol–water partition coefficient (Wildman–Crippen LogP) is -1.31. The van der Waals surface area contributed by atoms with Gasteiger partial charge in [-0.3, -0.25) is 0 Å². The van der Waals surface area contributed by atoms with E-state index < -0.39 is 18.0 Å². The first-order valence-corrected chi connectivity index (χ1v) is 5.95. The van der Waals surface area contributed by atoms with Crippen LogP contribution in [0.25, 0.3) is 10.9 Å². The van der Waals surface area contributed by atoms with Crippen LogP contribution in [0.4, 0.5) is 5.82 Å². The number of carbonyl (C=O) groups excluding carboxylic acids is 2. The summed E-state index contributed by atoms with van der Waals surface area (Å²) >= 11 is 0. The molecule has 1 N–H and O–H groups in total. The zero-order valence-corrected chi connectivity index (χ0v) is 10.4. The molecule has 0 spiro atoms. The summed E-state index contributed by atoms with van der Waals surface area (Å²) in [6, 6.07) is 5.91. The van der Waals surface area contributed by atoms with Crippen LogP contribution in [0.1, 0.15) is 12.8 Å². The number of carboxylic acids is 2. The number of benzene rings is 1. The second-order valence-corrected chi connectivity index (χ2v) is 4.17. The number of aromatic nitrogens is 2. The molecule has 1 aromatic carbocycles. The molecule has 0 fully saturated rings. The maximum absolute atomic E-state index is 11.0. The van der Waals surface area contributed by atoms with Crippen LogP contribution in [0.5, 0.6) is 0 Å². The molecule has 0 aliphatic heterocycles. The molecule has 20 heavy (non-hydrogen) atoms. The Balaban J connectivity index is 2.24. The van der Waals surface area contributed by atoms with Gasteiger partial charge >= 0.3 is 0 Å². The summed E-state index contributed by atoms with van der Waals surface area (Å²) in [5, 5.41) is 24.8. The maximum atomic E-state index is 11.0. The summed E-state index contributed by atoms with van der Waals surface area (Å²) < 4.78 is 0. The molecule has 0 unspecified atom stereocenters. The molecule has 104 valence electrons. The summed E-state index contributed by atoms with van der Waals surface area (Å²) in [4.78, 5) is 29.5. The number of rotatable bonds is 6. The summed E-state index contributed by atoms with van der Waals surface area (Å²) in [5.41, 5.74) is 0.655. The third kappa shape index (κ3) is 3.19. The van der Waals surface area contributed by atoms with Crippen LogP contribution < -0.4 is 15.5 Å². The third-order valence-electron chi connectivity index (χ3n) is 2.78. The molecule has 1 atom stereocenters. The van der Waals surface area contributed by atoms with Crippen LogP contribution in [0, 0.1) is 0 Å². The lowest BCUT2D eigenvalue weighted by atomic mass is 10.1. The first kappa shape index (κ1) is 13.7. The number of nitrogens with zero attached hydrogens (tertiary/aromatic N) is 2. The highest BCUT2D eigenvalue weighted by atomic mass is 16.4. The van der Waals surface area contributed by atoms with Gasteiger partial charge in [-0.1, -0.05) is 12.1 Å². The summed E-state index contributed by atoms with van der Waals surface area (Å²) in [7, 11) is 0. The first-order valence-electron chi connectivity index (χ1n) is 5.95. The minimum Gasteiger partial charge on any atom is -0.550 e. The molecule has 0 amide bonds. The standard InChI is InChI=1S/C13H13N3O4/c17-11(18)6-5-10(13(19)20)16-12-8-3-1-2-4-9(8)14-7-15-12/h1-4,7,10H,5-6H2,(H,17,18)(H,19,20)(H,14,15,16)/p-2/t10-/m1/s1. The Morgan fingerprint density at radius 1 is 1.20 bits per heavy atom. The van der Waals surface area contributed by atoms with Crippen molar-refractivity contribution in [3.63, 3.8) is 0 Å². The lowest BCUT2D eigenvalue weighted by Gasteiger charge is -2.21. The maximum Gasteiger partial charge on any atom is 0.137 e. The van der Waals surface area contributed by atoms with Crippen LogP contribution in [-0.4, -0.2) is 27.9 Å². The number of aliphatic carboxylic acids is 2. The Morgan fingerprint density at radius 2 is 1.95 bits per heavy atom. The minimum absolute atomic E-state index is 0.150. The number of carboxylic acid groups (broad SMARTS) is 2. The normalized spacial score (nSPS) is 12.0. The van der Waals surface area contributed by atoms with Gasteiger partial charge in [0.25, 0.3) is 0 Å². The van der Waals surface area contributed by atoms with Gasteiger partial charge in [0, 0.05) is 11.4 Å². The molecule has 2 rings (SSSR count). The highest BCUT2D eigenvalue weighted by molar-refractivity contribution is 5.90.